The van der Waals surface area contributed by atoms with E-state index in [-0.39, 0.29) is 5.82 Å². The summed E-state index contributed by atoms with van der Waals surface area (Å²) in [5, 5.41) is 3.05. The predicted molar refractivity (Wildman–Crippen MR) is 69.8 cm³/mol. The molecule has 0 aliphatic heterocycles. The Kier molecular flexibility index (Phi) is 4.00. The Morgan fingerprint density at radius 2 is 2.18 bits per heavy atom. The van der Waals surface area contributed by atoms with Crippen LogP contribution in [0.4, 0.5) is 10.1 Å². The number of benzene rings is 1. The van der Waals surface area contributed by atoms with E-state index >= 15 is 0 Å². The monoisotopic (exact) mass is 236 g/mol. The van der Waals surface area contributed by atoms with Gasteiger partial charge in [0.2, 0.25) is 0 Å². The van der Waals surface area contributed by atoms with E-state index in [4.69, 9.17) is 0 Å². The lowest BCUT2D eigenvalue weighted by atomic mass is 10.1. The molecule has 1 aromatic rings. The largest absolute Gasteiger partial charge is 0.368 e. The van der Waals surface area contributed by atoms with E-state index in [1.165, 1.54) is 12.8 Å². The highest BCUT2D eigenvalue weighted by molar-refractivity contribution is 5.56. The Hall–Kier alpha value is -1.09. The minimum absolute atomic E-state index is 0.0985. The molecule has 1 N–H and O–H groups in total. The Balaban J connectivity index is 2.30. The molecule has 1 aliphatic carbocycles. The van der Waals surface area contributed by atoms with Crippen LogP contribution >= 0.6 is 0 Å². The van der Waals surface area contributed by atoms with Crippen molar-refractivity contribution in [3.63, 3.8) is 0 Å². The molecule has 0 amide bonds. The summed E-state index contributed by atoms with van der Waals surface area (Å²) in [6.45, 7) is 3.78. The number of hydrogen-bond donors (Lipinski definition) is 1. The summed E-state index contributed by atoms with van der Waals surface area (Å²) in [7, 11) is 1.86. The summed E-state index contributed by atoms with van der Waals surface area (Å²) < 4.78 is 13.9. The van der Waals surface area contributed by atoms with Crippen LogP contribution < -0.4 is 10.2 Å². The standard InChI is InChI=1S/C14H21FN2/c1-3-9-17(11-7-8-11)14-6-4-5-13(15)12(14)10-16-2/h4-6,11,16H,3,7-10H2,1-2H3. The number of nitrogens with zero attached hydrogens (tertiary/aromatic N) is 1. The maximum atomic E-state index is 13.9. The van der Waals surface area contributed by atoms with Crippen LogP contribution in [-0.2, 0) is 6.54 Å². The van der Waals surface area contributed by atoms with Crippen molar-refractivity contribution in [1.29, 1.82) is 0 Å². The quantitative estimate of drug-likeness (QED) is 0.817. The molecule has 0 saturated heterocycles. The van der Waals surface area contributed by atoms with Crippen LogP contribution in [0.15, 0.2) is 18.2 Å². The Morgan fingerprint density at radius 3 is 2.76 bits per heavy atom. The SMILES string of the molecule is CCCN(c1cccc(F)c1CNC)C1CC1. The van der Waals surface area contributed by atoms with Crippen LogP contribution in [0.1, 0.15) is 31.7 Å². The molecule has 0 aromatic heterocycles. The zero-order chi connectivity index (χ0) is 12.3. The molecule has 0 unspecified atom stereocenters. The summed E-state index contributed by atoms with van der Waals surface area (Å²) in [4.78, 5) is 2.37. The van der Waals surface area contributed by atoms with Crippen LogP contribution in [0.3, 0.4) is 0 Å². The van der Waals surface area contributed by atoms with Gasteiger partial charge in [-0.05, 0) is 38.4 Å². The number of halogens is 1. The highest BCUT2D eigenvalue weighted by Crippen LogP contribution is 2.34. The van der Waals surface area contributed by atoms with Crippen molar-refractivity contribution in [2.24, 2.45) is 0 Å². The van der Waals surface area contributed by atoms with E-state index in [1.807, 2.05) is 19.2 Å². The fourth-order valence-corrected chi connectivity index (χ4v) is 2.29. The van der Waals surface area contributed by atoms with Crippen LogP contribution in [0, 0.1) is 5.82 Å². The predicted octanol–water partition coefficient (Wildman–Crippen LogP) is 2.92. The maximum Gasteiger partial charge on any atom is 0.129 e. The van der Waals surface area contributed by atoms with Gasteiger partial charge in [-0.3, -0.25) is 0 Å². The van der Waals surface area contributed by atoms with Gasteiger partial charge in [-0.1, -0.05) is 13.0 Å². The number of anilines is 1. The smallest absolute Gasteiger partial charge is 0.129 e. The van der Waals surface area contributed by atoms with Crippen molar-refractivity contribution >= 4 is 5.69 Å². The molecule has 0 spiro atoms. The molecule has 17 heavy (non-hydrogen) atoms. The third kappa shape index (κ3) is 2.78. The Bertz CT molecular complexity index is 374. The highest BCUT2D eigenvalue weighted by atomic mass is 19.1. The van der Waals surface area contributed by atoms with Gasteiger partial charge in [0.1, 0.15) is 5.82 Å². The minimum atomic E-state index is -0.0985. The lowest BCUT2D eigenvalue weighted by Gasteiger charge is -2.27. The van der Waals surface area contributed by atoms with Crippen molar-refractivity contribution in [3.8, 4) is 0 Å². The highest BCUT2D eigenvalue weighted by Gasteiger charge is 2.30. The fraction of sp³-hybridized carbons (Fsp3) is 0.571. The molecule has 1 saturated carbocycles. The summed E-state index contributed by atoms with van der Waals surface area (Å²) in [5.41, 5.74) is 1.87. The summed E-state index contributed by atoms with van der Waals surface area (Å²) in [5.74, 6) is -0.0985. The topological polar surface area (TPSA) is 15.3 Å². The van der Waals surface area contributed by atoms with E-state index in [0.29, 0.717) is 12.6 Å². The van der Waals surface area contributed by atoms with Crippen LogP contribution in [0.5, 0.6) is 0 Å². The van der Waals surface area contributed by atoms with Crippen molar-refractivity contribution < 1.29 is 4.39 Å². The average molecular weight is 236 g/mol. The summed E-state index contributed by atoms with van der Waals surface area (Å²) in [6, 6.07) is 6.04. The fourth-order valence-electron chi connectivity index (χ4n) is 2.29. The maximum absolute atomic E-state index is 13.9. The molecular weight excluding hydrogens is 215 g/mol. The lowest BCUT2D eigenvalue weighted by molar-refractivity contribution is 0.597. The van der Waals surface area contributed by atoms with Crippen molar-refractivity contribution in [2.45, 2.75) is 38.8 Å². The Morgan fingerprint density at radius 1 is 1.41 bits per heavy atom. The number of rotatable bonds is 6. The van der Waals surface area contributed by atoms with Gasteiger partial charge in [-0.15, -0.1) is 0 Å². The van der Waals surface area contributed by atoms with Crippen molar-refractivity contribution in [1.82, 2.24) is 5.32 Å². The summed E-state index contributed by atoms with van der Waals surface area (Å²) in [6.07, 6.45) is 3.59. The van der Waals surface area contributed by atoms with Gasteiger partial charge < -0.3 is 10.2 Å². The van der Waals surface area contributed by atoms with Gasteiger partial charge >= 0.3 is 0 Å². The number of hydrogen-bond acceptors (Lipinski definition) is 2. The molecule has 0 atom stereocenters. The van der Waals surface area contributed by atoms with E-state index < -0.39 is 0 Å². The average Bonchev–Trinajstić information content (AvgIpc) is 3.13. The molecule has 0 heterocycles. The first-order valence-corrected chi connectivity index (χ1v) is 6.46. The second-order valence-electron chi connectivity index (χ2n) is 4.69. The first-order chi connectivity index (χ1) is 8.27. The minimum Gasteiger partial charge on any atom is -0.368 e. The van der Waals surface area contributed by atoms with E-state index in [2.05, 4.69) is 17.1 Å². The zero-order valence-electron chi connectivity index (χ0n) is 10.7. The van der Waals surface area contributed by atoms with Gasteiger partial charge in [0.25, 0.3) is 0 Å². The molecule has 0 radical (unpaired) electrons. The zero-order valence-corrected chi connectivity index (χ0v) is 10.7. The van der Waals surface area contributed by atoms with E-state index in [1.54, 1.807) is 6.07 Å². The molecule has 2 nitrogen and oxygen atoms in total. The molecule has 94 valence electrons. The van der Waals surface area contributed by atoms with Gasteiger partial charge in [0.05, 0.1) is 0 Å². The van der Waals surface area contributed by atoms with Crippen LogP contribution in [0.2, 0.25) is 0 Å². The first-order valence-electron chi connectivity index (χ1n) is 6.46. The third-order valence-electron chi connectivity index (χ3n) is 3.21. The normalized spacial score (nSPS) is 15.0. The Labute approximate surface area is 103 Å². The molecule has 0 bridgehead atoms. The molecule has 1 fully saturated rings. The lowest BCUT2D eigenvalue weighted by Crippen LogP contribution is -2.28. The van der Waals surface area contributed by atoms with Crippen molar-refractivity contribution in [2.75, 3.05) is 18.5 Å². The van der Waals surface area contributed by atoms with Crippen LogP contribution in [-0.4, -0.2) is 19.6 Å². The van der Waals surface area contributed by atoms with Gasteiger partial charge in [-0.2, -0.15) is 0 Å². The second-order valence-corrected chi connectivity index (χ2v) is 4.69. The first kappa shape index (κ1) is 12.4. The van der Waals surface area contributed by atoms with E-state index in [0.717, 1.165) is 24.2 Å². The second kappa shape index (κ2) is 5.50. The molecule has 1 aliphatic rings. The molecule has 2 rings (SSSR count). The van der Waals surface area contributed by atoms with Gasteiger partial charge in [0.15, 0.2) is 0 Å². The summed E-state index contributed by atoms with van der Waals surface area (Å²) >= 11 is 0. The number of nitrogens with one attached hydrogen (secondary N) is 1. The third-order valence-corrected chi connectivity index (χ3v) is 3.21. The van der Waals surface area contributed by atoms with E-state index in [9.17, 15) is 4.39 Å². The molecule has 3 heteroatoms. The molecule has 1 aromatic carbocycles. The van der Waals surface area contributed by atoms with Crippen LogP contribution in [0.25, 0.3) is 0 Å². The van der Waals surface area contributed by atoms with Gasteiger partial charge in [0, 0.05) is 30.4 Å². The molecular formula is C14H21FN2. The van der Waals surface area contributed by atoms with Gasteiger partial charge in [-0.25, -0.2) is 4.39 Å². The van der Waals surface area contributed by atoms with Crippen molar-refractivity contribution in [3.05, 3.63) is 29.6 Å².